The Morgan fingerprint density at radius 1 is 0.212 bits per heavy atom. The number of hydrogen-bond donors (Lipinski definition) is 0. The lowest BCUT2D eigenvalue weighted by Gasteiger charge is -1.92. The molecule has 0 spiro atoms. The molecule has 13 heteroatoms. The van der Waals surface area contributed by atoms with Gasteiger partial charge >= 0.3 is 0 Å². The van der Waals surface area contributed by atoms with Crippen molar-refractivity contribution in [3.05, 3.63) is 207 Å². The first kappa shape index (κ1) is 89.4. The maximum Gasteiger partial charge on any atom is 0.115 e. The zero-order valence-electron chi connectivity index (χ0n) is 56.8. The Morgan fingerprint density at radius 3 is 0.713 bits per heavy atom. The molecular formula is C67H115N13. The number of pyridine rings is 3. The first-order chi connectivity index (χ1) is 38.4. The molecule has 80 heavy (non-hydrogen) atoms. The monoisotopic (exact) mass is 1100 g/mol. The molecular weight excluding hydrogens is 987 g/mol. The molecule has 0 fully saturated rings. The molecule has 0 aliphatic rings. The second kappa shape index (κ2) is 68.0. The molecule has 0 amide bonds. The van der Waals surface area contributed by atoms with Gasteiger partial charge in [-0.15, -0.1) is 0 Å². The fourth-order valence-corrected chi connectivity index (χ4v) is 3.98. The fraction of sp³-hybridized carbons (Fsp3) is 0.478. The van der Waals surface area contributed by atoms with Gasteiger partial charge in [-0.1, -0.05) is 123 Å². The minimum absolute atomic E-state index is 1.01. The van der Waals surface area contributed by atoms with Crippen LogP contribution in [0.1, 0.15) is 201 Å². The van der Waals surface area contributed by atoms with Gasteiger partial charge in [0, 0.05) is 72.9 Å². The first-order valence-corrected chi connectivity index (χ1v) is 28.8. The van der Waals surface area contributed by atoms with Crippen LogP contribution in [0.15, 0.2) is 117 Å². The molecule has 0 unspecified atom stereocenters. The van der Waals surface area contributed by atoms with E-state index >= 15 is 0 Å². The highest BCUT2D eigenvalue weighted by Gasteiger charge is 1.91. The van der Waals surface area contributed by atoms with Gasteiger partial charge in [0.1, 0.15) is 6.33 Å². The Labute approximate surface area is 491 Å². The lowest BCUT2D eigenvalue weighted by molar-refractivity contribution is 0.961. The maximum atomic E-state index is 4.08. The maximum absolute atomic E-state index is 4.08. The topological polar surface area (TPSA) is 168 Å². The van der Waals surface area contributed by atoms with Crippen molar-refractivity contribution < 1.29 is 0 Å². The average molecular weight is 1100 g/mol. The molecule has 0 aromatic carbocycles. The third-order valence-corrected chi connectivity index (χ3v) is 9.66. The third-order valence-electron chi connectivity index (χ3n) is 9.66. The second-order valence-corrected chi connectivity index (χ2v) is 14.7. The minimum atomic E-state index is 1.01. The predicted octanol–water partition coefficient (Wildman–Crippen LogP) is 18.8. The van der Waals surface area contributed by atoms with Crippen molar-refractivity contribution in [2.75, 3.05) is 0 Å². The molecule has 13 nitrogen and oxygen atoms in total. The summed E-state index contributed by atoms with van der Waals surface area (Å²) in [6.45, 7) is 64.1. The Morgan fingerprint density at radius 2 is 0.512 bits per heavy atom. The van der Waals surface area contributed by atoms with Gasteiger partial charge in [0.05, 0.1) is 35.2 Å². The SMILES string of the molecule is CC.CC.CC.CC.CC.CC.CC.CC.Cc1cccnc1C.Cc1cccnc1C.Cc1ccncc1C.Cc1ccnnc1C.Cc1ccnnc1C.Cc1cncnc1C.Cc1cnncc1C.Cc1nccnc1C. The molecule has 8 rings (SSSR count). The number of aromatic nitrogens is 13. The molecule has 8 aromatic heterocycles. The van der Waals surface area contributed by atoms with Crippen molar-refractivity contribution in [3.63, 3.8) is 0 Å². The van der Waals surface area contributed by atoms with Crippen molar-refractivity contribution in [3.8, 4) is 0 Å². The van der Waals surface area contributed by atoms with E-state index in [-0.39, 0.29) is 0 Å². The highest BCUT2D eigenvalue weighted by atomic mass is 15.1. The van der Waals surface area contributed by atoms with Crippen molar-refractivity contribution in [2.24, 2.45) is 0 Å². The molecule has 0 atom stereocenters. The van der Waals surface area contributed by atoms with Gasteiger partial charge in [0.25, 0.3) is 0 Å². The van der Waals surface area contributed by atoms with E-state index in [1.807, 2.05) is 255 Å². The summed E-state index contributed by atoms with van der Waals surface area (Å²) in [4.78, 5) is 27.9. The number of aryl methyl sites for hydroxylation is 16. The van der Waals surface area contributed by atoms with E-state index in [4.69, 9.17) is 0 Å². The number of nitrogens with zero attached hydrogens (tertiary/aromatic N) is 13. The van der Waals surface area contributed by atoms with Gasteiger partial charge in [-0.25, -0.2) is 9.97 Å². The molecule has 8 heterocycles. The highest BCUT2D eigenvalue weighted by Crippen LogP contribution is 2.02. The summed E-state index contributed by atoms with van der Waals surface area (Å²) >= 11 is 0. The van der Waals surface area contributed by atoms with Crippen LogP contribution in [0.3, 0.4) is 0 Å². The normalized spacial score (nSPS) is 8.00. The zero-order valence-corrected chi connectivity index (χ0v) is 56.8. The lowest BCUT2D eigenvalue weighted by Crippen LogP contribution is -1.87. The van der Waals surface area contributed by atoms with E-state index in [2.05, 4.69) is 105 Å². The zero-order chi connectivity index (χ0) is 63.9. The summed E-state index contributed by atoms with van der Waals surface area (Å²) in [6.07, 6.45) is 21.0. The lowest BCUT2D eigenvalue weighted by atomic mass is 10.2. The average Bonchev–Trinajstić information content (AvgIpc) is 3.50. The van der Waals surface area contributed by atoms with E-state index < -0.39 is 0 Å². The summed E-state index contributed by atoms with van der Waals surface area (Å²) in [5.41, 5.74) is 18.3. The van der Waals surface area contributed by atoms with Gasteiger partial charge in [0.15, 0.2) is 0 Å². The Hall–Kier alpha value is -7.15. The van der Waals surface area contributed by atoms with E-state index in [1.54, 1.807) is 43.5 Å². The Bertz CT molecular complexity index is 1820. The van der Waals surface area contributed by atoms with Crippen molar-refractivity contribution in [1.82, 2.24) is 65.5 Å². The van der Waals surface area contributed by atoms with Crippen LogP contribution in [0.2, 0.25) is 0 Å². The standard InChI is InChI=1S/3C7H9N.5C6H8N2.8C2H6/c1-6-3-4-8-5-7(6)2;2*1-6-4-3-5-8-7(6)2;1-5-3-7-4-8-6(5)2;1-5-3-7-8-4-6(5)2;1-5-6(2)8-4-3-7-5;2*1-5-3-4-7-8-6(5)2;8*1-2/h3*3-5H,1-2H3;5*3-4H,1-2H3;8*1-2H3. The summed E-state index contributed by atoms with van der Waals surface area (Å²) in [5, 5.41) is 22.4. The molecule has 0 aliphatic carbocycles. The van der Waals surface area contributed by atoms with E-state index in [1.165, 1.54) is 44.5 Å². The number of rotatable bonds is 0. The molecule has 0 N–H and O–H groups in total. The van der Waals surface area contributed by atoms with Crippen molar-refractivity contribution in [1.29, 1.82) is 0 Å². The first-order valence-electron chi connectivity index (χ1n) is 28.8. The van der Waals surface area contributed by atoms with Crippen molar-refractivity contribution >= 4 is 0 Å². The molecule has 0 saturated heterocycles. The van der Waals surface area contributed by atoms with Gasteiger partial charge < -0.3 is 0 Å². The van der Waals surface area contributed by atoms with Crippen LogP contribution in [-0.4, -0.2) is 65.5 Å². The van der Waals surface area contributed by atoms with Gasteiger partial charge in [-0.3, -0.25) is 24.9 Å². The van der Waals surface area contributed by atoms with E-state index in [0.717, 1.165) is 45.4 Å². The summed E-state index contributed by atoms with van der Waals surface area (Å²) < 4.78 is 0. The van der Waals surface area contributed by atoms with Crippen LogP contribution in [0, 0.1) is 111 Å². The molecule has 8 aromatic rings. The van der Waals surface area contributed by atoms with Crippen molar-refractivity contribution in [2.45, 2.75) is 222 Å². The molecule has 448 valence electrons. The summed E-state index contributed by atoms with van der Waals surface area (Å²) in [6, 6.07) is 13.9. The van der Waals surface area contributed by atoms with Crippen LogP contribution >= 0.6 is 0 Å². The summed E-state index contributed by atoms with van der Waals surface area (Å²) in [7, 11) is 0. The number of hydrogen-bond acceptors (Lipinski definition) is 13. The predicted molar refractivity (Wildman–Crippen MR) is 349 cm³/mol. The van der Waals surface area contributed by atoms with Gasteiger partial charge in [-0.2, -0.15) is 30.6 Å². The molecule has 0 bridgehead atoms. The Balaban J connectivity index is -0.000000119. The van der Waals surface area contributed by atoms with Crippen LogP contribution in [0.5, 0.6) is 0 Å². The Kier molecular flexibility index (Phi) is 76.0. The second-order valence-electron chi connectivity index (χ2n) is 14.7. The molecule has 0 radical (unpaired) electrons. The molecule has 0 saturated carbocycles. The summed E-state index contributed by atoms with van der Waals surface area (Å²) in [5.74, 6) is 0. The van der Waals surface area contributed by atoms with Gasteiger partial charge in [0.2, 0.25) is 0 Å². The smallest absolute Gasteiger partial charge is 0.115 e. The highest BCUT2D eigenvalue weighted by molar-refractivity contribution is 5.19. The van der Waals surface area contributed by atoms with Gasteiger partial charge in [-0.05, 0) is 191 Å². The largest absolute Gasteiger partial charge is 0.264 e. The van der Waals surface area contributed by atoms with Crippen LogP contribution in [-0.2, 0) is 0 Å². The quantitative estimate of drug-likeness (QED) is 0.141. The fourth-order valence-electron chi connectivity index (χ4n) is 3.98. The van der Waals surface area contributed by atoms with E-state index in [9.17, 15) is 0 Å². The third kappa shape index (κ3) is 52.9. The minimum Gasteiger partial charge on any atom is -0.264 e. The van der Waals surface area contributed by atoms with Crippen LogP contribution in [0.25, 0.3) is 0 Å². The van der Waals surface area contributed by atoms with Crippen LogP contribution in [0.4, 0.5) is 0 Å². The van der Waals surface area contributed by atoms with E-state index in [0.29, 0.717) is 0 Å². The van der Waals surface area contributed by atoms with Crippen LogP contribution < -0.4 is 0 Å². The molecule has 0 aliphatic heterocycles.